The van der Waals surface area contributed by atoms with Gasteiger partial charge in [0.05, 0.1) is 18.1 Å². The lowest BCUT2D eigenvalue weighted by molar-refractivity contribution is -0.122. The number of thiophene rings is 1. The minimum Gasteiger partial charge on any atom is -0.351 e. The molecular formula is C11H16N2O5S3. The van der Waals surface area contributed by atoms with Crippen LogP contribution < -0.4 is 10.5 Å². The second-order valence-corrected chi connectivity index (χ2v) is 10.2. The summed E-state index contributed by atoms with van der Waals surface area (Å²) in [7, 11) is -6.69. The molecule has 21 heavy (non-hydrogen) atoms. The molecule has 1 unspecified atom stereocenters. The summed E-state index contributed by atoms with van der Waals surface area (Å²) in [4.78, 5) is 12.4. The molecule has 1 aromatic rings. The van der Waals surface area contributed by atoms with Gasteiger partial charge in [0, 0.05) is 11.3 Å². The Morgan fingerprint density at radius 2 is 2.14 bits per heavy atom. The van der Waals surface area contributed by atoms with E-state index in [-0.39, 0.29) is 40.5 Å². The lowest BCUT2D eigenvalue weighted by atomic mass is 10.1. The summed E-state index contributed by atoms with van der Waals surface area (Å²) < 4.78 is 44.9. The van der Waals surface area contributed by atoms with Crippen molar-refractivity contribution < 1.29 is 21.6 Å². The number of hydrogen-bond acceptors (Lipinski definition) is 6. The van der Waals surface area contributed by atoms with E-state index in [0.29, 0.717) is 11.3 Å². The number of carbonyl (C=O) groups is 1. The average Bonchev–Trinajstić information content (AvgIpc) is 2.93. The van der Waals surface area contributed by atoms with Crippen LogP contribution in [-0.4, -0.2) is 34.2 Å². The zero-order valence-electron chi connectivity index (χ0n) is 11.1. The second kappa shape index (κ2) is 6.03. The molecule has 1 fully saturated rings. The van der Waals surface area contributed by atoms with Gasteiger partial charge >= 0.3 is 0 Å². The van der Waals surface area contributed by atoms with Gasteiger partial charge in [-0.25, -0.2) is 22.0 Å². The van der Waals surface area contributed by atoms with Crippen LogP contribution in [0.2, 0.25) is 0 Å². The van der Waals surface area contributed by atoms with Crippen LogP contribution in [0.15, 0.2) is 16.3 Å². The summed E-state index contributed by atoms with van der Waals surface area (Å²) in [5, 5.41) is 7.66. The van der Waals surface area contributed by atoms with E-state index in [1.165, 1.54) is 6.07 Å². The van der Waals surface area contributed by atoms with Gasteiger partial charge in [-0.05, 0) is 24.5 Å². The molecule has 1 saturated heterocycles. The van der Waals surface area contributed by atoms with Gasteiger partial charge < -0.3 is 5.32 Å². The summed E-state index contributed by atoms with van der Waals surface area (Å²) in [5.41, 5.74) is 0. The van der Waals surface area contributed by atoms with Crippen LogP contribution in [0.1, 0.15) is 17.7 Å². The Kier molecular flexibility index (Phi) is 4.71. The van der Waals surface area contributed by atoms with Crippen LogP contribution >= 0.6 is 11.3 Å². The van der Waals surface area contributed by atoms with E-state index in [4.69, 9.17) is 5.14 Å². The average molecular weight is 352 g/mol. The third kappa shape index (κ3) is 4.77. The van der Waals surface area contributed by atoms with Crippen LogP contribution in [-0.2, 0) is 31.2 Å². The Bertz CT molecular complexity index is 736. The molecule has 0 aromatic carbocycles. The van der Waals surface area contributed by atoms with Crippen molar-refractivity contribution in [3.63, 3.8) is 0 Å². The maximum Gasteiger partial charge on any atom is 0.247 e. The number of sulfonamides is 1. The van der Waals surface area contributed by atoms with Gasteiger partial charge in [0.2, 0.25) is 15.9 Å². The van der Waals surface area contributed by atoms with Gasteiger partial charge in [0.25, 0.3) is 0 Å². The number of nitrogens with two attached hydrogens (primary N) is 1. The SMILES string of the molecule is NS(=O)(=O)c1ccc(CNC(=O)CC2CCS(=O)(=O)C2)s1. The first-order chi connectivity index (χ1) is 9.66. The molecule has 1 aliphatic rings. The summed E-state index contributed by atoms with van der Waals surface area (Å²) in [6, 6.07) is 2.98. The highest BCUT2D eigenvalue weighted by Crippen LogP contribution is 2.22. The van der Waals surface area contributed by atoms with E-state index in [1.807, 2.05) is 0 Å². The van der Waals surface area contributed by atoms with Gasteiger partial charge in [-0.3, -0.25) is 4.79 Å². The fourth-order valence-corrected chi connectivity index (χ4v) is 5.74. The van der Waals surface area contributed by atoms with E-state index in [2.05, 4.69) is 5.32 Å². The third-order valence-electron chi connectivity index (χ3n) is 3.18. The lowest BCUT2D eigenvalue weighted by Crippen LogP contribution is -2.25. The van der Waals surface area contributed by atoms with Crippen molar-refractivity contribution >= 4 is 37.1 Å². The Hall–Kier alpha value is -0.970. The number of primary sulfonamides is 1. The fraction of sp³-hybridized carbons (Fsp3) is 0.545. The molecule has 0 bridgehead atoms. The van der Waals surface area contributed by atoms with Gasteiger partial charge in [0.1, 0.15) is 4.21 Å². The predicted molar refractivity (Wildman–Crippen MR) is 78.9 cm³/mol. The molecule has 3 N–H and O–H groups in total. The van der Waals surface area contributed by atoms with Crippen molar-refractivity contribution in [2.45, 2.75) is 23.6 Å². The van der Waals surface area contributed by atoms with E-state index in [9.17, 15) is 21.6 Å². The van der Waals surface area contributed by atoms with Crippen molar-refractivity contribution in [1.29, 1.82) is 0 Å². The minimum atomic E-state index is -3.71. The topological polar surface area (TPSA) is 123 Å². The van der Waals surface area contributed by atoms with Crippen LogP contribution in [0, 0.1) is 5.92 Å². The van der Waals surface area contributed by atoms with Crippen molar-refractivity contribution in [3.8, 4) is 0 Å². The normalized spacial score (nSPS) is 21.3. The monoisotopic (exact) mass is 352 g/mol. The van der Waals surface area contributed by atoms with E-state index in [0.717, 1.165) is 11.3 Å². The first-order valence-corrected chi connectivity index (χ1v) is 10.4. The number of nitrogens with one attached hydrogen (secondary N) is 1. The maximum atomic E-state index is 11.7. The molecule has 0 radical (unpaired) electrons. The third-order valence-corrected chi connectivity index (χ3v) is 7.54. The molecular weight excluding hydrogens is 336 g/mol. The molecule has 1 atom stereocenters. The molecule has 2 heterocycles. The first kappa shape index (κ1) is 16.4. The molecule has 0 aliphatic carbocycles. The Morgan fingerprint density at radius 3 is 2.67 bits per heavy atom. The highest BCUT2D eigenvalue weighted by atomic mass is 32.2. The molecule has 0 spiro atoms. The molecule has 7 nitrogen and oxygen atoms in total. The van der Waals surface area contributed by atoms with E-state index < -0.39 is 19.9 Å². The second-order valence-electron chi connectivity index (χ2n) is 5.02. The van der Waals surface area contributed by atoms with Gasteiger partial charge in [-0.2, -0.15) is 0 Å². The number of hydrogen-bond donors (Lipinski definition) is 2. The Balaban J connectivity index is 1.83. The molecule has 0 saturated carbocycles. The zero-order chi connectivity index (χ0) is 15.7. The Morgan fingerprint density at radius 1 is 1.43 bits per heavy atom. The van der Waals surface area contributed by atoms with Gasteiger partial charge in [-0.1, -0.05) is 0 Å². The first-order valence-electron chi connectivity index (χ1n) is 6.24. The standard InChI is InChI=1S/C11H16N2O5S3/c12-21(17,18)11-2-1-9(19-11)6-13-10(14)5-8-3-4-20(15,16)7-8/h1-2,8H,3-7H2,(H,13,14)(H2,12,17,18). The van der Waals surface area contributed by atoms with Crippen molar-refractivity contribution in [2.24, 2.45) is 11.1 Å². The van der Waals surface area contributed by atoms with Crippen LogP contribution in [0.25, 0.3) is 0 Å². The number of sulfone groups is 1. The predicted octanol–water partition coefficient (Wildman–Crippen LogP) is -0.164. The van der Waals surface area contributed by atoms with Crippen molar-refractivity contribution in [1.82, 2.24) is 5.32 Å². The molecule has 1 amide bonds. The van der Waals surface area contributed by atoms with Crippen LogP contribution in [0.3, 0.4) is 0 Å². The zero-order valence-corrected chi connectivity index (χ0v) is 13.6. The number of carbonyl (C=O) groups excluding carboxylic acids is 1. The number of rotatable bonds is 5. The Labute approximate surface area is 127 Å². The fourth-order valence-electron chi connectivity index (χ4n) is 2.16. The molecule has 2 rings (SSSR count). The van der Waals surface area contributed by atoms with E-state index >= 15 is 0 Å². The summed E-state index contributed by atoms with van der Waals surface area (Å²) in [5.74, 6) is -0.149. The van der Waals surface area contributed by atoms with Crippen LogP contribution in [0.5, 0.6) is 0 Å². The van der Waals surface area contributed by atoms with Crippen molar-refractivity contribution in [3.05, 3.63) is 17.0 Å². The molecule has 118 valence electrons. The molecule has 1 aliphatic heterocycles. The lowest BCUT2D eigenvalue weighted by Gasteiger charge is -2.07. The van der Waals surface area contributed by atoms with Crippen LogP contribution in [0.4, 0.5) is 0 Å². The van der Waals surface area contributed by atoms with Gasteiger partial charge in [0.15, 0.2) is 9.84 Å². The summed E-state index contributed by atoms with van der Waals surface area (Å²) in [6.07, 6.45) is 0.691. The summed E-state index contributed by atoms with van der Waals surface area (Å²) >= 11 is 1.00. The number of amides is 1. The smallest absolute Gasteiger partial charge is 0.247 e. The maximum absolute atomic E-state index is 11.7. The van der Waals surface area contributed by atoms with E-state index in [1.54, 1.807) is 6.07 Å². The van der Waals surface area contributed by atoms with Gasteiger partial charge in [-0.15, -0.1) is 11.3 Å². The highest BCUT2D eigenvalue weighted by Gasteiger charge is 2.29. The molecule has 10 heteroatoms. The highest BCUT2D eigenvalue weighted by molar-refractivity contribution is 7.91. The summed E-state index contributed by atoms with van der Waals surface area (Å²) in [6.45, 7) is 0.207. The minimum absolute atomic E-state index is 0.0497. The quantitative estimate of drug-likeness (QED) is 0.762. The molecule has 1 aromatic heterocycles. The largest absolute Gasteiger partial charge is 0.351 e. The van der Waals surface area contributed by atoms with Crippen molar-refractivity contribution in [2.75, 3.05) is 11.5 Å².